The number of benzene rings is 3. The molecule has 0 aliphatic rings. The van der Waals surface area contributed by atoms with E-state index in [0.717, 1.165) is 4.47 Å². The van der Waals surface area contributed by atoms with Gasteiger partial charge < -0.3 is 14.8 Å². The van der Waals surface area contributed by atoms with Gasteiger partial charge in [0.15, 0.2) is 11.5 Å². The zero-order valence-corrected chi connectivity index (χ0v) is 21.5. The number of hydrogen-bond acceptors (Lipinski definition) is 5. The van der Waals surface area contributed by atoms with Crippen LogP contribution in [0.15, 0.2) is 68.6 Å². The highest BCUT2D eigenvalue weighted by Crippen LogP contribution is 2.37. The second-order valence-electron chi connectivity index (χ2n) is 6.68. The fourth-order valence-electron chi connectivity index (χ4n) is 2.71. The molecule has 3 aromatic carbocycles. The number of rotatable bonds is 7. The lowest BCUT2D eigenvalue weighted by atomic mass is 10.2. The minimum atomic E-state index is -0.938. The SMILES string of the molecule is COc1cc(/C=N/NC(=O)C(=O)Nc2ccc(Br)cc2)cc(Br)c1OCc1c(F)cccc1Cl. The first-order valence-electron chi connectivity index (χ1n) is 9.61. The molecule has 34 heavy (non-hydrogen) atoms. The van der Waals surface area contributed by atoms with Gasteiger partial charge in [-0.1, -0.05) is 33.6 Å². The Morgan fingerprint density at radius 3 is 2.53 bits per heavy atom. The molecule has 7 nitrogen and oxygen atoms in total. The third kappa shape index (κ3) is 6.78. The smallest absolute Gasteiger partial charge is 0.329 e. The van der Waals surface area contributed by atoms with E-state index in [2.05, 4.69) is 47.7 Å². The second kappa shape index (κ2) is 12.0. The number of hydrazone groups is 1. The van der Waals surface area contributed by atoms with Gasteiger partial charge in [0.25, 0.3) is 0 Å². The lowest BCUT2D eigenvalue weighted by molar-refractivity contribution is -0.136. The highest BCUT2D eigenvalue weighted by molar-refractivity contribution is 9.10. The van der Waals surface area contributed by atoms with Crippen LogP contribution in [0.25, 0.3) is 0 Å². The van der Waals surface area contributed by atoms with Gasteiger partial charge in [0.1, 0.15) is 12.4 Å². The first kappa shape index (κ1) is 25.7. The third-order valence-electron chi connectivity index (χ3n) is 4.36. The van der Waals surface area contributed by atoms with Crippen LogP contribution in [-0.4, -0.2) is 25.1 Å². The van der Waals surface area contributed by atoms with Crippen molar-refractivity contribution in [3.05, 3.63) is 85.5 Å². The Bertz CT molecular complexity index is 1220. The topological polar surface area (TPSA) is 89.0 Å². The zero-order chi connectivity index (χ0) is 24.7. The van der Waals surface area contributed by atoms with Gasteiger partial charge in [-0.2, -0.15) is 5.10 Å². The molecule has 0 atom stereocenters. The first-order valence-corrected chi connectivity index (χ1v) is 11.6. The summed E-state index contributed by atoms with van der Waals surface area (Å²) in [4.78, 5) is 24.0. The monoisotopic (exact) mass is 611 g/mol. The average molecular weight is 614 g/mol. The summed E-state index contributed by atoms with van der Waals surface area (Å²) in [6, 6.07) is 14.4. The molecule has 0 spiro atoms. The molecule has 0 heterocycles. The number of nitrogens with one attached hydrogen (secondary N) is 2. The molecule has 0 saturated carbocycles. The Hall–Kier alpha value is -2.95. The Morgan fingerprint density at radius 1 is 1.12 bits per heavy atom. The molecular weight excluding hydrogens is 597 g/mol. The van der Waals surface area contributed by atoms with E-state index in [1.54, 1.807) is 42.5 Å². The number of nitrogens with zero attached hydrogens (tertiary/aromatic N) is 1. The molecule has 176 valence electrons. The van der Waals surface area contributed by atoms with Crippen LogP contribution in [0.2, 0.25) is 5.02 Å². The summed E-state index contributed by atoms with van der Waals surface area (Å²) in [6.45, 7) is -0.114. The zero-order valence-electron chi connectivity index (χ0n) is 17.6. The van der Waals surface area contributed by atoms with Crippen molar-refractivity contribution in [1.29, 1.82) is 0 Å². The highest BCUT2D eigenvalue weighted by Gasteiger charge is 2.15. The molecule has 0 aromatic heterocycles. The lowest BCUT2D eigenvalue weighted by Gasteiger charge is -2.14. The normalized spacial score (nSPS) is 10.7. The van der Waals surface area contributed by atoms with Crippen molar-refractivity contribution in [2.75, 3.05) is 12.4 Å². The van der Waals surface area contributed by atoms with E-state index < -0.39 is 17.6 Å². The Kier molecular flexibility index (Phi) is 9.03. The number of amides is 2. The first-order chi connectivity index (χ1) is 16.3. The molecule has 0 radical (unpaired) electrons. The number of anilines is 1. The number of methoxy groups -OCH3 is 1. The van der Waals surface area contributed by atoms with Crippen LogP contribution < -0.4 is 20.2 Å². The van der Waals surface area contributed by atoms with Crippen LogP contribution in [0.3, 0.4) is 0 Å². The summed E-state index contributed by atoms with van der Waals surface area (Å²) >= 11 is 12.7. The minimum absolute atomic E-state index is 0.114. The predicted octanol–water partition coefficient (Wildman–Crippen LogP) is 5.68. The van der Waals surface area contributed by atoms with Crippen LogP contribution >= 0.6 is 43.5 Å². The minimum Gasteiger partial charge on any atom is -0.493 e. The van der Waals surface area contributed by atoms with Crippen LogP contribution in [0.4, 0.5) is 10.1 Å². The van der Waals surface area contributed by atoms with Crippen molar-refractivity contribution in [3.63, 3.8) is 0 Å². The van der Waals surface area contributed by atoms with E-state index >= 15 is 0 Å². The Morgan fingerprint density at radius 2 is 1.85 bits per heavy atom. The molecule has 2 N–H and O–H groups in total. The van der Waals surface area contributed by atoms with Crippen molar-refractivity contribution in [2.45, 2.75) is 6.61 Å². The highest BCUT2D eigenvalue weighted by atomic mass is 79.9. The van der Waals surface area contributed by atoms with E-state index in [1.807, 2.05) is 0 Å². The van der Waals surface area contributed by atoms with Gasteiger partial charge in [-0.05, 0) is 70.0 Å². The molecular formula is C23H17Br2ClFN3O4. The van der Waals surface area contributed by atoms with E-state index in [0.29, 0.717) is 27.2 Å². The van der Waals surface area contributed by atoms with E-state index in [1.165, 1.54) is 25.5 Å². The van der Waals surface area contributed by atoms with Gasteiger partial charge in [-0.25, -0.2) is 9.82 Å². The molecule has 0 saturated heterocycles. The van der Waals surface area contributed by atoms with Gasteiger partial charge in [0.2, 0.25) is 0 Å². The van der Waals surface area contributed by atoms with Gasteiger partial charge in [0, 0.05) is 15.7 Å². The maximum Gasteiger partial charge on any atom is 0.329 e. The Balaban J connectivity index is 1.64. The fourth-order valence-corrected chi connectivity index (χ4v) is 3.76. The number of hydrogen-bond donors (Lipinski definition) is 2. The summed E-state index contributed by atoms with van der Waals surface area (Å²) in [5, 5.41) is 6.52. The molecule has 0 fully saturated rings. The number of halogens is 4. The maximum atomic E-state index is 14.0. The van der Waals surface area contributed by atoms with E-state index in [9.17, 15) is 14.0 Å². The lowest BCUT2D eigenvalue weighted by Crippen LogP contribution is -2.32. The second-order valence-corrected chi connectivity index (χ2v) is 8.86. The van der Waals surface area contributed by atoms with Crippen LogP contribution in [0, 0.1) is 5.82 Å². The van der Waals surface area contributed by atoms with E-state index in [4.69, 9.17) is 21.1 Å². The molecule has 11 heteroatoms. The fraction of sp³-hybridized carbons (Fsp3) is 0.0870. The molecule has 0 unspecified atom stereocenters. The van der Waals surface area contributed by atoms with Crippen molar-refractivity contribution >= 4 is 67.2 Å². The van der Waals surface area contributed by atoms with Crippen LogP contribution in [0.5, 0.6) is 11.5 Å². The predicted molar refractivity (Wildman–Crippen MR) is 135 cm³/mol. The maximum absolute atomic E-state index is 14.0. The largest absolute Gasteiger partial charge is 0.493 e. The van der Waals surface area contributed by atoms with Crippen molar-refractivity contribution < 1.29 is 23.5 Å². The Labute approximate surface area is 216 Å². The molecule has 3 aromatic rings. The number of ether oxygens (including phenoxy) is 2. The standard InChI is InChI=1S/C23H17Br2ClFN3O4/c1-33-20-10-13(9-17(25)21(20)34-12-16-18(26)3-2-4-19(16)27)11-28-30-23(32)22(31)29-15-7-5-14(24)6-8-15/h2-11H,12H2,1H3,(H,29,31)(H,30,32)/b28-11+. The summed E-state index contributed by atoms with van der Waals surface area (Å²) in [5.74, 6) is -1.62. The summed E-state index contributed by atoms with van der Waals surface area (Å²) in [7, 11) is 1.44. The van der Waals surface area contributed by atoms with Crippen molar-refractivity contribution in [1.82, 2.24) is 5.43 Å². The quantitative estimate of drug-likeness (QED) is 0.204. The molecule has 0 aliphatic heterocycles. The van der Waals surface area contributed by atoms with Crippen LogP contribution in [0.1, 0.15) is 11.1 Å². The van der Waals surface area contributed by atoms with Crippen LogP contribution in [-0.2, 0) is 16.2 Å². The molecule has 0 aliphatic carbocycles. The van der Waals surface area contributed by atoms with Gasteiger partial charge in [-0.3, -0.25) is 9.59 Å². The molecule has 2 amide bonds. The van der Waals surface area contributed by atoms with Gasteiger partial charge in [-0.15, -0.1) is 0 Å². The molecule has 3 rings (SSSR count). The van der Waals surface area contributed by atoms with Gasteiger partial charge in [0.05, 0.1) is 22.8 Å². The summed E-state index contributed by atoms with van der Waals surface area (Å²) in [6.07, 6.45) is 1.33. The van der Waals surface area contributed by atoms with Gasteiger partial charge >= 0.3 is 11.8 Å². The van der Waals surface area contributed by atoms with E-state index in [-0.39, 0.29) is 17.2 Å². The average Bonchev–Trinajstić information content (AvgIpc) is 2.80. The van der Waals surface area contributed by atoms with Crippen molar-refractivity contribution in [2.24, 2.45) is 5.10 Å². The number of carbonyl (C=O) groups excluding carboxylic acids is 2. The summed E-state index contributed by atoms with van der Waals surface area (Å²) in [5.41, 5.74) is 3.38. The molecule has 0 bridgehead atoms. The number of carbonyl (C=O) groups is 2. The van der Waals surface area contributed by atoms with Crippen molar-refractivity contribution in [3.8, 4) is 11.5 Å². The third-order valence-corrected chi connectivity index (χ3v) is 5.83. The summed E-state index contributed by atoms with van der Waals surface area (Å²) < 4.78 is 26.4.